The van der Waals surface area contributed by atoms with Crippen molar-refractivity contribution in [2.45, 2.75) is 33.2 Å². The van der Waals surface area contributed by atoms with Gasteiger partial charge in [0.1, 0.15) is 11.6 Å². The molecule has 0 spiro atoms. The monoisotopic (exact) mass is 269 g/mol. The van der Waals surface area contributed by atoms with Gasteiger partial charge < -0.3 is 14.8 Å². The van der Waals surface area contributed by atoms with Crippen LogP contribution in [0.25, 0.3) is 0 Å². The summed E-state index contributed by atoms with van der Waals surface area (Å²) in [5, 5.41) is 3.19. The summed E-state index contributed by atoms with van der Waals surface area (Å²) in [6.45, 7) is 8.66. The van der Waals surface area contributed by atoms with Gasteiger partial charge in [-0.3, -0.25) is 0 Å². The molecule has 0 fully saturated rings. The summed E-state index contributed by atoms with van der Waals surface area (Å²) in [7, 11) is 0. The highest BCUT2D eigenvalue weighted by molar-refractivity contribution is 5.30. The molecule has 1 N–H and O–H groups in total. The van der Waals surface area contributed by atoms with Gasteiger partial charge in [0.15, 0.2) is 0 Å². The number of ether oxygens (including phenoxy) is 2. The number of hydrogen-bond donors (Lipinski definition) is 1. The van der Waals surface area contributed by atoms with Crippen LogP contribution in [0.1, 0.15) is 38.8 Å². The first-order valence-electron chi connectivity index (χ1n) is 6.92. The standard InChI is InChI=1S/C15H24FNO2/c1-4-17-12(3)14-8-7-13(11-15(14)16)19-10-6-9-18-5-2/h7-8,11-12,17H,4-6,9-10H2,1-3H3. The SMILES string of the molecule is CCNC(C)c1ccc(OCCCOCC)cc1F. The van der Waals surface area contributed by atoms with Crippen LogP contribution < -0.4 is 10.1 Å². The van der Waals surface area contributed by atoms with Crippen molar-refractivity contribution < 1.29 is 13.9 Å². The molecule has 19 heavy (non-hydrogen) atoms. The van der Waals surface area contributed by atoms with Gasteiger partial charge in [0.05, 0.1) is 6.61 Å². The zero-order valence-corrected chi connectivity index (χ0v) is 12.0. The molecule has 0 aliphatic carbocycles. The lowest BCUT2D eigenvalue weighted by molar-refractivity contribution is 0.131. The van der Waals surface area contributed by atoms with E-state index in [1.54, 1.807) is 6.07 Å². The van der Waals surface area contributed by atoms with Crippen LogP contribution in [0.2, 0.25) is 0 Å². The summed E-state index contributed by atoms with van der Waals surface area (Å²) < 4.78 is 24.6. The van der Waals surface area contributed by atoms with E-state index < -0.39 is 0 Å². The molecule has 108 valence electrons. The van der Waals surface area contributed by atoms with E-state index in [4.69, 9.17) is 9.47 Å². The second-order valence-electron chi connectivity index (χ2n) is 4.36. The molecule has 1 aromatic carbocycles. The van der Waals surface area contributed by atoms with Crippen LogP contribution in [0.5, 0.6) is 5.75 Å². The molecule has 3 nitrogen and oxygen atoms in total. The quantitative estimate of drug-likeness (QED) is 0.698. The molecule has 1 rings (SSSR count). The number of benzene rings is 1. The summed E-state index contributed by atoms with van der Waals surface area (Å²) in [5.74, 6) is 0.345. The van der Waals surface area contributed by atoms with E-state index in [0.29, 0.717) is 31.1 Å². The number of hydrogen-bond acceptors (Lipinski definition) is 3. The van der Waals surface area contributed by atoms with Crippen molar-refractivity contribution in [3.05, 3.63) is 29.6 Å². The summed E-state index contributed by atoms with van der Waals surface area (Å²) in [6, 6.07) is 5.05. The van der Waals surface area contributed by atoms with Crippen molar-refractivity contribution in [1.29, 1.82) is 0 Å². The van der Waals surface area contributed by atoms with Crippen LogP contribution in [0.3, 0.4) is 0 Å². The Morgan fingerprint density at radius 2 is 2.05 bits per heavy atom. The number of nitrogens with one attached hydrogen (secondary N) is 1. The van der Waals surface area contributed by atoms with Gasteiger partial charge in [0.2, 0.25) is 0 Å². The highest BCUT2D eigenvalue weighted by atomic mass is 19.1. The minimum atomic E-state index is -0.226. The third kappa shape index (κ3) is 5.57. The summed E-state index contributed by atoms with van der Waals surface area (Å²) in [4.78, 5) is 0. The predicted molar refractivity (Wildman–Crippen MR) is 75.1 cm³/mol. The Balaban J connectivity index is 2.47. The van der Waals surface area contributed by atoms with Gasteiger partial charge in [0, 0.05) is 37.3 Å². The lowest BCUT2D eigenvalue weighted by atomic mass is 10.1. The molecule has 0 saturated heterocycles. The lowest BCUT2D eigenvalue weighted by Gasteiger charge is -2.14. The second kappa shape index (κ2) is 8.88. The van der Waals surface area contributed by atoms with E-state index in [9.17, 15) is 4.39 Å². The average molecular weight is 269 g/mol. The molecule has 0 aliphatic heterocycles. The van der Waals surface area contributed by atoms with E-state index in [1.165, 1.54) is 6.07 Å². The van der Waals surface area contributed by atoms with Gasteiger partial charge in [-0.1, -0.05) is 13.0 Å². The molecule has 0 heterocycles. The third-order valence-electron chi connectivity index (χ3n) is 2.85. The number of halogens is 1. The maximum Gasteiger partial charge on any atom is 0.131 e. The molecule has 0 aliphatic rings. The highest BCUT2D eigenvalue weighted by Gasteiger charge is 2.10. The van der Waals surface area contributed by atoms with Crippen LogP contribution in [-0.2, 0) is 4.74 Å². The Morgan fingerprint density at radius 1 is 1.26 bits per heavy atom. The van der Waals surface area contributed by atoms with E-state index >= 15 is 0 Å². The molecule has 0 saturated carbocycles. The Kier molecular flexibility index (Phi) is 7.45. The number of rotatable bonds is 9. The van der Waals surface area contributed by atoms with Gasteiger partial charge in [-0.2, -0.15) is 0 Å². The highest BCUT2D eigenvalue weighted by Crippen LogP contribution is 2.21. The molecular formula is C15H24FNO2. The normalized spacial score (nSPS) is 12.4. The molecule has 0 aromatic heterocycles. The van der Waals surface area contributed by atoms with Crippen LogP contribution in [0.4, 0.5) is 4.39 Å². The molecule has 0 amide bonds. The first-order chi connectivity index (χ1) is 9.19. The van der Waals surface area contributed by atoms with Gasteiger partial charge in [-0.25, -0.2) is 4.39 Å². The minimum Gasteiger partial charge on any atom is -0.493 e. The van der Waals surface area contributed by atoms with Gasteiger partial charge in [-0.15, -0.1) is 0 Å². The van der Waals surface area contributed by atoms with Crippen molar-refractivity contribution in [3.63, 3.8) is 0 Å². The molecule has 4 heteroatoms. The van der Waals surface area contributed by atoms with Crippen molar-refractivity contribution in [1.82, 2.24) is 5.32 Å². The first kappa shape index (κ1) is 15.9. The van der Waals surface area contributed by atoms with Gasteiger partial charge >= 0.3 is 0 Å². The molecular weight excluding hydrogens is 245 g/mol. The second-order valence-corrected chi connectivity index (χ2v) is 4.36. The Morgan fingerprint density at radius 3 is 2.68 bits per heavy atom. The fourth-order valence-corrected chi connectivity index (χ4v) is 1.86. The summed E-state index contributed by atoms with van der Waals surface area (Å²) in [5.41, 5.74) is 0.670. The molecule has 1 atom stereocenters. The maximum atomic E-state index is 13.9. The first-order valence-corrected chi connectivity index (χ1v) is 6.92. The van der Waals surface area contributed by atoms with E-state index in [0.717, 1.165) is 13.0 Å². The molecule has 0 bridgehead atoms. The largest absolute Gasteiger partial charge is 0.493 e. The predicted octanol–water partition coefficient (Wildman–Crippen LogP) is 3.30. The zero-order valence-electron chi connectivity index (χ0n) is 12.0. The van der Waals surface area contributed by atoms with Crippen LogP contribution >= 0.6 is 0 Å². The molecule has 1 aromatic rings. The fraction of sp³-hybridized carbons (Fsp3) is 0.600. The molecule has 0 radical (unpaired) electrons. The van der Waals surface area contributed by atoms with Crippen molar-refractivity contribution in [2.24, 2.45) is 0 Å². The average Bonchev–Trinajstić information content (AvgIpc) is 2.39. The van der Waals surface area contributed by atoms with Crippen LogP contribution in [0.15, 0.2) is 18.2 Å². The lowest BCUT2D eigenvalue weighted by Crippen LogP contribution is -2.18. The van der Waals surface area contributed by atoms with Crippen molar-refractivity contribution in [3.8, 4) is 5.75 Å². The Hall–Kier alpha value is -1.13. The van der Waals surface area contributed by atoms with Gasteiger partial charge in [0.25, 0.3) is 0 Å². The van der Waals surface area contributed by atoms with E-state index in [1.807, 2.05) is 26.8 Å². The van der Waals surface area contributed by atoms with E-state index in [-0.39, 0.29) is 11.9 Å². The topological polar surface area (TPSA) is 30.5 Å². The maximum absolute atomic E-state index is 13.9. The van der Waals surface area contributed by atoms with Crippen LogP contribution in [0, 0.1) is 5.82 Å². The smallest absolute Gasteiger partial charge is 0.131 e. The minimum absolute atomic E-state index is 0.0111. The third-order valence-corrected chi connectivity index (χ3v) is 2.85. The Labute approximate surface area is 115 Å². The van der Waals surface area contributed by atoms with Crippen molar-refractivity contribution in [2.75, 3.05) is 26.4 Å². The zero-order chi connectivity index (χ0) is 14.1. The van der Waals surface area contributed by atoms with E-state index in [2.05, 4.69) is 5.32 Å². The summed E-state index contributed by atoms with van der Waals surface area (Å²) >= 11 is 0. The van der Waals surface area contributed by atoms with Gasteiger partial charge in [-0.05, 0) is 26.5 Å². The van der Waals surface area contributed by atoms with Crippen molar-refractivity contribution >= 4 is 0 Å². The van der Waals surface area contributed by atoms with Crippen LogP contribution in [-0.4, -0.2) is 26.4 Å². The molecule has 1 unspecified atom stereocenters. The summed E-state index contributed by atoms with van der Waals surface area (Å²) in [6.07, 6.45) is 0.811. The fourth-order valence-electron chi connectivity index (χ4n) is 1.86. The Bertz CT molecular complexity index is 371.